The first-order chi connectivity index (χ1) is 11.5. The number of nitrogens with zero attached hydrogens (tertiary/aromatic N) is 1. The zero-order valence-corrected chi connectivity index (χ0v) is 14.3. The predicted molar refractivity (Wildman–Crippen MR) is 99.9 cm³/mol. The summed E-state index contributed by atoms with van der Waals surface area (Å²) in [6, 6.07) is 15.1. The van der Waals surface area contributed by atoms with Crippen molar-refractivity contribution < 1.29 is 9.53 Å². The van der Waals surface area contributed by atoms with Crippen LogP contribution in [0.1, 0.15) is 29.8 Å². The van der Waals surface area contributed by atoms with Gasteiger partial charge >= 0.3 is 5.97 Å². The Morgan fingerprint density at radius 2 is 1.88 bits per heavy atom. The van der Waals surface area contributed by atoms with Gasteiger partial charge in [-0.15, -0.1) is 0 Å². The highest BCUT2D eigenvalue weighted by atomic mass is 32.1. The van der Waals surface area contributed by atoms with Crippen molar-refractivity contribution in [2.24, 2.45) is 10.8 Å². The molecule has 5 nitrogen and oxygen atoms in total. The van der Waals surface area contributed by atoms with Crippen LogP contribution in [0.15, 0.2) is 53.6 Å². The number of carbonyl (C=O) groups is 1. The fraction of sp³-hybridized carbons (Fsp3) is 0.167. The average Bonchev–Trinajstić information content (AvgIpc) is 2.54. The van der Waals surface area contributed by atoms with Gasteiger partial charge in [-0.05, 0) is 61.0 Å². The summed E-state index contributed by atoms with van der Waals surface area (Å²) < 4.78 is 5.23. The van der Waals surface area contributed by atoms with Crippen LogP contribution in [0.3, 0.4) is 0 Å². The maximum Gasteiger partial charge on any atom is 0.338 e. The van der Waals surface area contributed by atoms with Crippen LogP contribution >= 0.6 is 12.2 Å². The number of rotatable bonds is 5. The number of hydrogen-bond donors (Lipinski definition) is 2. The van der Waals surface area contributed by atoms with Crippen LogP contribution in [0, 0.1) is 0 Å². The second kappa shape index (κ2) is 8.21. The maximum atomic E-state index is 12.0. The Bertz CT molecular complexity index is 772. The summed E-state index contributed by atoms with van der Waals surface area (Å²) in [4.78, 5) is 12.0. The topological polar surface area (TPSA) is 76.7 Å². The van der Waals surface area contributed by atoms with Gasteiger partial charge in [0.05, 0.1) is 17.9 Å². The van der Waals surface area contributed by atoms with Crippen LogP contribution in [0.5, 0.6) is 0 Å². The molecule has 0 heterocycles. The van der Waals surface area contributed by atoms with Gasteiger partial charge < -0.3 is 10.5 Å². The molecule has 0 atom stereocenters. The summed E-state index contributed by atoms with van der Waals surface area (Å²) in [6.45, 7) is 3.65. The highest BCUT2D eigenvalue weighted by Crippen LogP contribution is 2.21. The smallest absolute Gasteiger partial charge is 0.338 e. The van der Waals surface area contributed by atoms with E-state index in [4.69, 9.17) is 22.7 Å². The van der Waals surface area contributed by atoms with E-state index in [1.54, 1.807) is 12.3 Å². The van der Waals surface area contributed by atoms with Crippen molar-refractivity contribution in [3.8, 4) is 11.1 Å². The molecule has 0 unspecified atom stereocenters. The highest BCUT2D eigenvalue weighted by molar-refractivity contribution is 7.80. The van der Waals surface area contributed by atoms with E-state index in [-0.39, 0.29) is 17.2 Å². The Hall–Kier alpha value is -2.73. The van der Waals surface area contributed by atoms with Crippen molar-refractivity contribution in [2.45, 2.75) is 20.0 Å². The molecular weight excluding hydrogens is 322 g/mol. The van der Waals surface area contributed by atoms with E-state index in [1.165, 1.54) is 0 Å². The van der Waals surface area contributed by atoms with Crippen LogP contribution in [-0.2, 0) is 4.74 Å². The van der Waals surface area contributed by atoms with Crippen LogP contribution in [0.2, 0.25) is 0 Å². The molecule has 2 aromatic rings. The molecule has 3 N–H and O–H groups in total. The monoisotopic (exact) mass is 341 g/mol. The van der Waals surface area contributed by atoms with Gasteiger partial charge in [0.1, 0.15) is 0 Å². The molecule has 0 aliphatic rings. The van der Waals surface area contributed by atoms with E-state index in [0.717, 1.165) is 16.7 Å². The maximum absolute atomic E-state index is 12.0. The molecule has 0 saturated carbocycles. The lowest BCUT2D eigenvalue weighted by atomic mass is 10.0. The number of esters is 1. The molecular formula is C18H19N3O2S. The van der Waals surface area contributed by atoms with Crippen LogP contribution in [-0.4, -0.2) is 23.4 Å². The summed E-state index contributed by atoms with van der Waals surface area (Å²) >= 11 is 4.69. The summed E-state index contributed by atoms with van der Waals surface area (Å²) in [5.74, 6) is -0.328. The fourth-order valence-electron chi connectivity index (χ4n) is 2.08. The van der Waals surface area contributed by atoms with Gasteiger partial charge in [0, 0.05) is 0 Å². The number of nitrogens with two attached hydrogens (primary N) is 1. The lowest BCUT2D eigenvalue weighted by Gasteiger charge is -2.09. The number of carbonyl (C=O) groups excluding carboxylic acids is 1. The van der Waals surface area contributed by atoms with Crippen molar-refractivity contribution in [1.29, 1.82) is 0 Å². The van der Waals surface area contributed by atoms with E-state index in [9.17, 15) is 4.79 Å². The molecule has 0 radical (unpaired) electrons. The second-order valence-corrected chi connectivity index (χ2v) is 5.83. The van der Waals surface area contributed by atoms with Crippen molar-refractivity contribution in [1.82, 2.24) is 5.43 Å². The molecule has 0 spiro atoms. The van der Waals surface area contributed by atoms with E-state index < -0.39 is 0 Å². The second-order valence-electron chi connectivity index (χ2n) is 5.39. The number of hydrogen-bond acceptors (Lipinski definition) is 4. The highest BCUT2D eigenvalue weighted by Gasteiger charge is 2.10. The third kappa shape index (κ3) is 5.17. The van der Waals surface area contributed by atoms with Crippen molar-refractivity contribution in [3.05, 3.63) is 59.7 Å². The normalized spacial score (nSPS) is 10.8. The first-order valence-electron chi connectivity index (χ1n) is 7.45. The van der Waals surface area contributed by atoms with E-state index in [0.29, 0.717) is 5.56 Å². The van der Waals surface area contributed by atoms with Crippen molar-refractivity contribution in [3.63, 3.8) is 0 Å². The first-order valence-corrected chi connectivity index (χ1v) is 7.86. The molecule has 0 saturated heterocycles. The Kier molecular flexibility index (Phi) is 6.03. The average molecular weight is 341 g/mol. The number of hydrazone groups is 1. The lowest BCUT2D eigenvalue weighted by Crippen LogP contribution is -2.23. The molecule has 6 heteroatoms. The largest absolute Gasteiger partial charge is 0.459 e. The Morgan fingerprint density at radius 3 is 2.54 bits per heavy atom. The zero-order valence-electron chi connectivity index (χ0n) is 13.5. The molecule has 0 aromatic heterocycles. The number of nitrogens with one attached hydrogen (secondary N) is 1. The summed E-state index contributed by atoms with van der Waals surface area (Å²) in [7, 11) is 0. The van der Waals surface area contributed by atoms with Crippen molar-refractivity contribution >= 4 is 29.5 Å². The van der Waals surface area contributed by atoms with Gasteiger partial charge in [-0.25, -0.2) is 4.79 Å². The van der Waals surface area contributed by atoms with E-state index in [1.807, 2.05) is 56.3 Å². The zero-order chi connectivity index (χ0) is 17.5. The lowest BCUT2D eigenvalue weighted by molar-refractivity contribution is 0.0378. The van der Waals surface area contributed by atoms with E-state index >= 15 is 0 Å². The third-order valence-corrected chi connectivity index (χ3v) is 3.14. The molecule has 0 aliphatic carbocycles. The molecule has 0 fully saturated rings. The van der Waals surface area contributed by atoms with Gasteiger partial charge in [0.25, 0.3) is 0 Å². The predicted octanol–water partition coefficient (Wildman–Crippen LogP) is 3.09. The number of thiocarbonyl (C=S) groups is 1. The number of benzene rings is 2. The molecule has 0 bridgehead atoms. The Morgan fingerprint density at radius 1 is 1.21 bits per heavy atom. The SMILES string of the molecule is CC(C)OC(=O)c1cccc(-c2cccc(C=NNC(N)=S)c2)c1. The van der Waals surface area contributed by atoms with Crippen LogP contribution in [0.4, 0.5) is 0 Å². The minimum absolute atomic E-state index is 0.110. The quantitative estimate of drug-likeness (QED) is 0.378. The minimum Gasteiger partial charge on any atom is -0.459 e. The van der Waals surface area contributed by atoms with E-state index in [2.05, 4.69) is 10.5 Å². The summed E-state index contributed by atoms with van der Waals surface area (Å²) in [5.41, 5.74) is 11.1. The van der Waals surface area contributed by atoms with Crippen molar-refractivity contribution in [2.75, 3.05) is 0 Å². The number of ether oxygens (including phenoxy) is 1. The van der Waals surface area contributed by atoms with Gasteiger partial charge in [-0.1, -0.05) is 30.3 Å². The van der Waals surface area contributed by atoms with Crippen LogP contribution < -0.4 is 11.2 Å². The summed E-state index contributed by atoms with van der Waals surface area (Å²) in [6.07, 6.45) is 1.47. The summed E-state index contributed by atoms with van der Waals surface area (Å²) in [5, 5.41) is 4.05. The molecule has 2 aromatic carbocycles. The van der Waals surface area contributed by atoms with Crippen LogP contribution in [0.25, 0.3) is 11.1 Å². The Labute approximate surface area is 146 Å². The molecule has 0 amide bonds. The third-order valence-electron chi connectivity index (χ3n) is 3.05. The van der Waals surface area contributed by atoms with Gasteiger partial charge in [-0.2, -0.15) is 5.10 Å². The fourth-order valence-corrected chi connectivity index (χ4v) is 2.13. The minimum atomic E-state index is -0.328. The molecule has 24 heavy (non-hydrogen) atoms. The van der Waals surface area contributed by atoms with Gasteiger partial charge in [-0.3, -0.25) is 5.43 Å². The molecule has 0 aliphatic heterocycles. The first kappa shape index (κ1) is 17.6. The van der Waals surface area contributed by atoms with Gasteiger partial charge in [0.15, 0.2) is 5.11 Å². The van der Waals surface area contributed by atoms with Gasteiger partial charge in [0.2, 0.25) is 0 Å². The standard InChI is InChI=1S/C18H19N3O2S/c1-12(2)23-17(22)16-8-4-7-15(10-16)14-6-3-5-13(9-14)11-20-21-18(19)24/h3-12H,1-2H3,(H3,19,21,24). The Balaban J connectivity index is 2.24. The molecule has 2 rings (SSSR count). The molecule has 124 valence electrons.